The zero-order valence-electron chi connectivity index (χ0n) is 11.2. The molecule has 0 spiro atoms. The van der Waals surface area contributed by atoms with E-state index >= 15 is 0 Å². The van der Waals surface area contributed by atoms with Crippen molar-refractivity contribution in [1.82, 2.24) is 10.2 Å². The van der Waals surface area contributed by atoms with Crippen LogP contribution in [0.3, 0.4) is 0 Å². The van der Waals surface area contributed by atoms with E-state index in [2.05, 4.69) is 5.32 Å². The minimum absolute atomic E-state index is 0.319. The summed E-state index contributed by atoms with van der Waals surface area (Å²) in [5.41, 5.74) is 0. The molecule has 0 saturated heterocycles. The molecule has 114 valence electrons. The molecule has 8 heteroatoms. The molecule has 1 aliphatic carbocycles. The third-order valence-electron chi connectivity index (χ3n) is 2.73. The molecule has 0 radical (unpaired) electrons. The van der Waals surface area contributed by atoms with E-state index in [1.165, 1.54) is 12.8 Å². The second kappa shape index (κ2) is 8.36. The molecule has 0 aromatic heterocycles. The van der Waals surface area contributed by atoms with Crippen molar-refractivity contribution in [2.45, 2.75) is 19.3 Å². The number of aliphatic carboxylic acids is 2. The molecule has 1 saturated carbocycles. The standard InChI is InChI=1S/C12H20N2O6/c15-10(16)6-14(7-11(17)18)12(19)13-4-1-5-20-8-9-2-3-9/h9H,1-8H2,(H,13,19)(H,15,16)(H,17,18). The van der Waals surface area contributed by atoms with Crippen LogP contribution in [-0.2, 0) is 14.3 Å². The number of carboxylic acid groups (broad SMARTS) is 2. The first kappa shape index (κ1) is 16.2. The van der Waals surface area contributed by atoms with Gasteiger partial charge in [0.2, 0.25) is 0 Å². The van der Waals surface area contributed by atoms with Gasteiger partial charge < -0.3 is 25.2 Å². The van der Waals surface area contributed by atoms with Crippen LogP contribution in [0.15, 0.2) is 0 Å². The summed E-state index contributed by atoms with van der Waals surface area (Å²) in [4.78, 5) is 33.4. The molecule has 3 N–H and O–H groups in total. The van der Waals surface area contributed by atoms with E-state index in [1.54, 1.807) is 0 Å². The van der Waals surface area contributed by atoms with Gasteiger partial charge in [0.25, 0.3) is 0 Å². The Kier molecular flexibility index (Phi) is 6.78. The summed E-state index contributed by atoms with van der Waals surface area (Å²) in [5, 5.41) is 19.7. The van der Waals surface area contributed by atoms with Crippen molar-refractivity contribution in [3.63, 3.8) is 0 Å². The summed E-state index contributed by atoms with van der Waals surface area (Å²) in [6.45, 7) is 0.304. The maximum Gasteiger partial charge on any atom is 0.323 e. The molecular formula is C12H20N2O6. The Labute approximate surface area is 116 Å². The van der Waals surface area contributed by atoms with Gasteiger partial charge in [-0.15, -0.1) is 0 Å². The second-order valence-electron chi connectivity index (χ2n) is 4.75. The maximum absolute atomic E-state index is 11.6. The van der Waals surface area contributed by atoms with Crippen LogP contribution in [0.5, 0.6) is 0 Å². The molecule has 8 nitrogen and oxygen atoms in total. The molecule has 0 bridgehead atoms. The van der Waals surface area contributed by atoms with Gasteiger partial charge in [-0.3, -0.25) is 9.59 Å². The lowest BCUT2D eigenvalue weighted by molar-refractivity contribution is -0.140. The Hall–Kier alpha value is -1.83. The highest BCUT2D eigenvalue weighted by atomic mass is 16.5. The Bertz CT molecular complexity index is 340. The van der Waals surface area contributed by atoms with Gasteiger partial charge in [0.15, 0.2) is 0 Å². The Morgan fingerprint density at radius 3 is 2.25 bits per heavy atom. The molecule has 1 rings (SSSR count). The number of amides is 2. The molecule has 1 fully saturated rings. The number of nitrogens with one attached hydrogen (secondary N) is 1. The smallest absolute Gasteiger partial charge is 0.323 e. The van der Waals surface area contributed by atoms with Gasteiger partial charge in [0.1, 0.15) is 13.1 Å². The fraction of sp³-hybridized carbons (Fsp3) is 0.750. The van der Waals surface area contributed by atoms with Crippen molar-refractivity contribution in [2.75, 3.05) is 32.8 Å². The number of urea groups is 1. The highest BCUT2D eigenvalue weighted by Crippen LogP contribution is 2.28. The van der Waals surface area contributed by atoms with Crippen molar-refractivity contribution in [3.05, 3.63) is 0 Å². The van der Waals surface area contributed by atoms with Crippen LogP contribution in [0, 0.1) is 5.92 Å². The van der Waals surface area contributed by atoms with Crippen molar-refractivity contribution in [1.29, 1.82) is 0 Å². The molecule has 1 aliphatic rings. The largest absolute Gasteiger partial charge is 0.480 e. The zero-order chi connectivity index (χ0) is 15.0. The summed E-state index contributed by atoms with van der Waals surface area (Å²) in [7, 11) is 0. The molecule has 20 heavy (non-hydrogen) atoms. The van der Waals surface area contributed by atoms with Crippen LogP contribution >= 0.6 is 0 Å². The molecule has 0 aliphatic heterocycles. The predicted octanol–water partition coefficient (Wildman–Crippen LogP) is -0.0161. The van der Waals surface area contributed by atoms with Crippen molar-refractivity contribution >= 4 is 18.0 Å². The summed E-state index contributed by atoms with van der Waals surface area (Å²) in [6, 6.07) is -0.697. The first-order chi connectivity index (χ1) is 9.49. The first-order valence-electron chi connectivity index (χ1n) is 6.53. The average Bonchev–Trinajstić information content (AvgIpc) is 3.15. The van der Waals surface area contributed by atoms with Crippen LogP contribution in [0.1, 0.15) is 19.3 Å². The van der Waals surface area contributed by atoms with E-state index in [0.29, 0.717) is 25.5 Å². The van der Waals surface area contributed by atoms with Crippen LogP contribution in [0.2, 0.25) is 0 Å². The molecule has 0 unspecified atom stereocenters. The van der Waals surface area contributed by atoms with Crippen molar-refractivity contribution in [3.8, 4) is 0 Å². The normalized spacial score (nSPS) is 13.8. The number of ether oxygens (including phenoxy) is 1. The van der Waals surface area contributed by atoms with Gasteiger partial charge in [0.05, 0.1) is 0 Å². The number of nitrogens with zero attached hydrogens (tertiary/aromatic N) is 1. The number of hydrogen-bond donors (Lipinski definition) is 3. The fourth-order valence-corrected chi connectivity index (χ4v) is 1.54. The topological polar surface area (TPSA) is 116 Å². The van der Waals surface area contributed by atoms with Gasteiger partial charge in [-0.1, -0.05) is 0 Å². The maximum atomic E-state index is 11.6. The minimum atomic E-state index is -1.26. The Balaban J connectivity index is 2.15. The number of rotatable bonds is 10. The fourth-order valence-electron chi connectivity index (χ4n) is 1.54. The SMILES string of the molecule is O=C(O)CN(CC(=O)O)C(=O)NCCCOCC1CC1. The zero-order valence-corrected chi connectivity index (χ0v) is 11.2. The van der Waals surface area contributed by atoms with Crippen molar-refractivity contribution in [2.24, 2.45) is 5.92 Å². The van der Waals surface area contributed by atoms with Gasteiger partial charge in [-0.05, 0) is 25.2 Å². The lowest BCUT2D eigenvalue weighted by atomic mass is 10.4. The Morgan fingerprint density at radius 1 is 1.15 bits per heavy atom. The molecule has 2 amide bonds. The molecule has 0 heterocycles. The number of hydrogen-bond acceptors (Lipinski definition) is 4. The van der Waals surface area contributed by atoms with E-state index in [-0.39, 0.29) is 0 Å². The molecule has 0 aromatic carbocycles. The van der Waals surface area contributed by atoms with Crippen LogP contribution < -0.4 is 5.32 Å². The number of carbonyl (C=O) groups excluding carboxylic acids is 1. The van der Waals surface area contributed by atoms with Crippen molar-refractivity contribution < 1.29 is 29.3 Å². The third-order valence-corrected chi connectivity index (χ3v) is 2.73. The minimum Gasteiger partial charge on any atom is -0.480 e. The van der Waals surface area contributed by atoms with Crippen LogP contribution in [-0.4, -0.2) is 65.9 Å². The van der Waals surface area contributed by atoms with E-state index in [0.717, 1.165) is 11.5 Å². The van der Waals surface area contributed by atoms with Gasteiger partial charge >= 0.3 is 18.0 Å². The lowest BCUT2D eigenvalue weighted by Crippen LogP contribution is -2.45. The molecule has 0 aromatic rings. The number of carbonyl (C=O) groups is 3. The van der Waals surface area contributed by atoms with E-state index in [9.17, 15) is 14.4 Å². The van der Waals surface area contributed by atoms with Crippen LogP contribution in [0.4, 0.5) is 4.79 Å². The summed E-state index contributed by atoms with van der Waals surface area (Å²) >= 11 is 0. The molecule has 0 atom stereocenters. The predicted molar refractivity (Wildman–Crippen MR) is 68.4 cm³/mol. The average molecular weight is 288 g/mol. The second-order valence-corrected chi connectivity index (χ2v) is 4.75. The highest BCUT2D eigenvalue weighted by Gasteiger charge is 2.21. The van der Waals surface area contributed by atoms with Gasteiger partial charge in [-0.2, -0.15) is 0 Å². The summed E-state index contributed by atoms with van der Waals surface area (Å²) < 4.78 is 5.38. The monoisotopic (exact) mass is 288 g/mol. The van der Waals surface area contributed by atoms with E-state index in [1.807, 2.05) is 0 Å². The molecular weight excluding hydrogens is 268 g/mol. The van der Waals surface area contributed by atoms with E-state index < -0.39 is 31.1 Å². The third kappa shape index (κ3) is 7.57. The summed E-state index contributed by atoms with van der Waals surface area (Å²) in [6.07, 6.45) is 3.04. The summed E-state index contributed by atoms with van der Waals surface area (Å²) in [5.74, 6) is -1.82. The van der Waals surface area contributed by atoms with Gasteiger partial charge in [-0.25, -0.2) is 4.79 Å². The highest BCUT2D eigenvalue weighted by molar-refractivity contribution is 5.84. The quantitative estimate of drug-likeness (QED) is 0.487. The lowest BCUT2D eigenvalue weighted by Gasteiger charge is -2.19. The first-order valence-corrected chi connectivity index (χ1v) is 6.53. The van der Waals surface area contributed by atoms with E-state index in [4.69, 9.17) is 14.9 Å². The number of carboxylic acids is 2. The van der Waals surface area contributed by atoms with Crippen LogP contribution in [0.25, 0.3) is 0 Å². The van der Waals surface area contributed by atoms with Gasteiger partial charge in [0, 0.05) is 19.8 Å². The Morgan fingerprint density at radius 2 is 1.75 bits per heavy atom.